The molecule has 3 atom stereocenters. The first-order valence-corrected chi connectivity index (χ1v) is 10.2. The van der Waals surface area contributed by atoms with Gasteiger partial charge in [-0.15, -0.1) is 0 Å². The van der Waals surface area contributed by atoms with Crippen LogP contribution in [0.1, 0.15) is 31.2 Å². The van der Waals surface area contributed by atoms with Crippen LogP contribution in [0, 0.1) is 17.7 Å². The fraction of sp³-hybridized carbons (Fsp3) is 0.250. The van der Waals surface area contributed by atoms with Crippen LogP contribution in [-0.4, -0.2) is 10.9 Å². The Hall–Kier alpha value is -2.72. The van der Waals surface area contributed by atoms with Crippen molar-refractivity contribution in [1.82, 2.24) is 4.98 Å². The fourth-order valence-corrected chi connectivity index (χ4v) is 4.09. The van der Waals surface area contributed by atoms with Gasteiger partial charge in [0.15, 0.2) is 0 Å². The van der Waals surface area contributed by atoms with E-state index in [1.54, 1.807) is 42.6 Å². The van der Waals surface area contributed by atoms with Crippen molar-refractivity contribution >= 4 is 34.1 Å². The van der Waals surface area contributed by atoms with Gasteiger partial charge in [0.05, 0.1) is 5.52 Å². The van der Waals surface area contributed by atoms with Gasteiger partial charge in [-0.3, -0.25) is 9.78 Å². The van der Waals surface area contributed by atoms with Crippen molar-refractivity contribution in [2.45, 2.75) is 25.7 Å². The molecule has 1 amide bonds. The van der Waals surface area contributed by atoms with Crippen LogP contribution in [0.3, 0.4) is 0 Å². The molecule has 0 saturated heterocycles. The second-order valence-corrected chi connectivity index (χ2v) is 8.02. The van der Waals surface area contributed by atoms with Gasteiger partial charge in [-0.2, -0.15) is 0 Å². The van der Waals surface area contributed by atoms with Gasteiger partial charge in [-0.1, -0.05) is 30.7 Å². The summed E-state index contributed by atoms with van der Waals surface area (Å²) in [5, 5.41) is 4.45. The number of carbonyl (C=O) groups is 1. The second kappa shape index (κ2) is 8.34. The Labute approximate surface area is 174 Å². The highest BCUT2D eigenvalue weighted by atomic mass is 35.5. The summed E-state index contributed by atoms with van der Waals surface area (Å²) in [7, 11) is 0. The molecular formula is C24H22ClFN2O. The maximum atomic E-state index is 13.7. The molecule has 0 saturated carbocycles. The molecule has 0 aliphatic heterocycles. The van der Waals surface area contributed by atoms with Crippen molar-refractivity contribution in [3.63, 3.8) is 0 Å². The van der Waals surface area contributed by atoms with Gasteiger partial charge in [0, 0.05) is 34.1 Å². The first-order chi connectivity index (χ1) is 14.0. The Balaban J connectivity index is 1.47. The van der Waals surface area contributed by atoms with Gasteiger partial charge in [-0.05, 0) is 72.9 Å². The van der Waals surface area contributed by atoms with Gasteiger partial charge in [0.1, 0.15) is 5.82 Å². The summed E-state index contributed by atoms with van der Waals surface area (Å²) in [6.45, 7) is 1.96. The Kier molecular flexibility index (Phi) is 5.63. The molecule has 0 fully saturated rings. The average molecular weight is 409 g/mol. The van der Waals surface area contributed by atoms with Gasteiger partial charge < -0.3 is 5.32 Å². The van der Waals surface area contributed by atoms with Crippen molar-refractivity contribution in [1.29, 1.82) is 0 Å². The van der Waals surface area contributed by atoms with E-state index in [0.29, 0.717) is 5.02 Å². The predicted molar refractivity (Wildman–Crippen MR) is 116 cm³/mol. The zero-order valence-corrected chi connectivity index (χ0v) is 16.9. The van der Waals surface area contributed by atoms with Crippen molar-refractivity contribution in [2.75, 3.05) is 5.32 Å². The highest BCUT2D eigenvalue weighted by molar-refractivity contribution is 6.30. The van der Waals surface area contributed by atoms with Gasteiger partial charge in [-0.25, -0.2) is 4.39 Å². The molecule has 5 heteroatoms. The van der Waals surface area contributed by atoms with E-state index in [1.165, 1.54) is 6.07 Å². The highest BCUT2D eigenvalue weighted by Gasteiger charge is 2.27. The number of hydrogen-bond donors (Lipinski definition) is 1. The van der Waals surface area contributed by atoms with Crippen LogP contribution in [-0.2, 0) is 4.79 Å². The van der Waals surface area contributed by atoms with E-state index < -0.39 is 0 Å². The minimum absolute atomic E-state index is 0.00291. The first-order valence-electron chi connectivity index (χ1n) is 9.80. The number of aromatic nitrogens is 1. The molecule has 0 bridgehead atoms. The van der Waals surface area contributed by atoms with Crippen molar-refractivity contribution < 1.29 is 9.18 Å². The first kappa shape index (κ1) is 19.6. The lowest BCUT2D eigenvalue weighted by molar-refractivity contribution is -0.120. The second-order valence-electron chi connectivity index (χ2n) is 7.58. The summed E-state index contributed by atoms with van der Waals surface area (Å²) in [5.74, 6) is -0.0308. The number of halogens is 2. The Bertz CT molecular complexity index is 1060. The normalized spacial score (nSPS) is 19.8. The lowest BCUT2D eigenvalue weighted by Crippen LogP contribution is -2.27. The molecule has 1 aliphatic carbocycles. The van der Waals surface area contributed by atoms with Crippen LogP contribution in [0.5, 0.6) is 0 Å². The SMILES string of the molecule is C[C@@H](C(=O)Nc1ccc(Cl)cc1)[C@H]1C=C[C@H](c2ccnc3ccc(F)cc23)CC1. The van der Waals surface area contributed by atoms with Gasteiger partial charge in [0.2, 0.25) is 5.91 Å². The monoisotopic (exact) mass is 408 g/mol. The summed E-state index contributed by atoms with van der Waals surface area (Å²) in [6.07, 6.45) is 7.87. The number of rotatable bonds is 4. The van der Waals surface area contributed by atoms with Crippen LogP contribution < -0.4 is 5.32 Å². The largest absolute Gasteiger partial charge is 0.326 e. The summed E-state index contributed by atoms with van der Waals surface area (Å²) in [5.41, 5.74) is 2.63. The lowest BCUT2D eigenvalue weighted by Gasteiger charge is -2.27. The average Bonchev–Trinajstić information content (AvgIpc) is 2.74. The quantitative estimate of drug-likeness (QED) is 0.511. The molecule has 1 heterocycles. The third kappa shape index (κ3) is 4.33. The molecule has 0 radical (unpaired) electrons. The molecule has 4 rings (SSSR count). The maximum Gasteiger partial charge on any atom is 0.227 e. The van der Waals surface area contributed by atoms with Crippen molar-refractivity contribution in [3.8, 4) is 0 Å². The minimum atomic E-state index is -0.253. The predicted octanol–water partition coefficient (Wildman–Crippen LogP) is 6.35. The number of pyridine rings is 1. The van der Waals surface area contributed by atoms with Crippen LogP contribution in [0.25, 0.3) is 10.9 Å². The van der Waals surface area contributed by atoms with E-state index in [1.807, 2.05) is 13.0 Å². The van der Waals surface area contributed by atoms with E-state index in [-0.39, 0.29) is 29.5 Å². The lowest BCUT2D eigenvalue weighted by atomic mass is 9.78. The number of hydrogen-bond acceptors (Lipinski definition) is 2. The molecule has 1 aromatic heterocycles. The van der Waals surface area contributed by atoms with Gasteiger partial charge >= 0.3 is 0 Å². The zero-order valence-electron chi connectivity index (χ0n) is 16.1. The van der Waals surface area contributed by atoms with E-state index in [2.05, 4.69) is 22.5 Å². The molecule has 29 heavy (non-hydrogen) atoms. The van der Waals surface area contributed by atoms with E-state index in [4.69, 9.17) is 11.6 Å². The van der Waals surface area contributed by atoms with E-state index in [9.17, 15) is 9.18 Å². The summed E-state index contributed by atoms with van der Waals surface area (Å²) in [4.78, 5) is 17.0. The molecule has 2 aromatic carbocycles. The fourth-order valence-electron chi connectivity index (χ4n) is 3.96. The van der Waals surface area contributed by atoms with Crippen LogP contribution in [0.2, 0.25) is 5.02 Å². The third-order valence-electron chi connectivity index (χ3n) is 5.71. The number of nitrogens with one attached hydrogen (secondary N) is 1. The van der Waals surface area contributed by atoms with Crippen molar-refractivity contribution in [2.24, 2.45) is 11.8 Å². The maximum absolute atomic E-state index is 13.7. The molecule has 0 spiro atoms. The van der Waals surface area contributed by atoms with E-state index in [0.717, 1.165) is 35.0 Å². The summed E-state index contributed by atoms with van der Waals surface area (Å²) in [6, 6.07) is 13.8. The zero-order chi connectivity index (χ0) is 20.4. The van der Waals surface area contributed by atoms with Crippen molar-refractivity contribution in [3.05, 3.63) is 83.3 Å². The number of allylic oxidation sites excluding steroid dienone is 2. The van der Waals surface area contributed by atoms with Gasteiger partial charge in [0.25, 0.3) is 0 Å². The van der Waals surface area contributed by atoms with Crippen LogP contribution in [0.15, 0.2) is 66.9 Å². The van der Waals surface area contributed by atoms with E-state index >= 15 is 0 Å². The smallest absolute Gasteiger partial charge is 0.227 e. The third-order valence-corrected chi connectivity index (χ3v) is 5.96. The Morgan fingerprint density at radius 2 is 1.93 bits per heavy atom. The molecule has 1 N–H and O–H groups in total. The molecule has 148 valence electrons. The molecule has 3 aromatic rings. The number of benzene rings is 2. The Morgan fingerprint density at radius 1 is 1.14 bits per heavy atom. The minimum Gasteiger partial charge on any atom is -0.326 e. The molecule has 3 nitrogen and oxygen atoms in total. The Morgan fingerprint density at radius 3 is 2.66 bits per heavy atom. The highest BCUT2D eigenvalue weighted by Crippen LogP contribution is 2.36. The molecule has 1 aliphatic rings. The summed E-state index contributed by atoms with van der Waals surface area (Å²) >= 11 is 5.90. The standard InChI is InChI=1S/C24H22ClFN2O/c1-15(24(29)28-20-9-6-18(25)7-10-20)16-2-4-17(5-3-16)21-12-13-27-23-11-8-19(26)14-22(21)23/h2,4,6-17H,3,5H2,1H3,(H,28,29)/t15-,16+,17+/m1/s1. The molecule has 0 unspecified atom stereocenters. The number of anilines is 1. The van der Waals surface area contributed by atoms with Crippen LogP contribution >= 0.6 is 11.6 Å². The number of carbonyl (C=O) groups excluding carboxylic acids is 1. The number of fused-ring (bicyclic) bond motifs is 1. The van der Waals surface area contributed by atoms with Crippen LogP contribution in [0.4, 0.5) is 10.1 Å². The molecular weight excluding hydrogens is 387 g/mol. The number of nitrogens with zero attached hydrogens (tertiary/aromatic N) is 1. The topological polar surface area (TPSA) is 42.0 Å². The summed E-state index contributed by atoms with van der Waals surface area (Å²) < 4.78 is 13.7. The number of amides is 1.